The first-order chi connectivity index (χ1) is 14.9. The number of aryl methyl sites for hydroxylation is 1. The number of imidazole rings is 1. The first-order valence-electron chi connectivity index (χ1n) is 10.6. The molecule has 0 bridgehead atoms. The van der Waals surface area contributed by atoms with Crippen molar-refractivity contribution in [1.82, 2.24) is 9.97 Å². The molecule has 0 spiro atoms. The van der Waals surface area contributed by atoms with Gasteiger partial charge in [0, 0.05) is 5.56 Å². The molecule has 0 unspecified atom stereocenters. The van der Waals surface area contributed by atoms with E-state index in [4.69, 9.17) is 10.00 Å². The summed E-state index contributed by atoms with van der Waals surface area (Å²) in [6, 6.07) is 12.6. The van der Waals surface area contributed by atoms with Gasteiger partial charge in [0.25, 0.3) is 0 Å². The number of H-pyrrole nitrogens is 1. The smallest absolute Gasteiger partial charge is 0.233 e. The third-order valence-corrected chi connectivity index (χ3v) is 7.20. The van der Waals surface area contributed by atoms with Crippen molar-refractivity contribution in [3.05, 3.63) is 53.3 Å². The molecular formula is C23H26N4O3S. The number of nitrogens with zero attached hydrogens (tertiary/aromatic N) is 2. The second-order valence-corrected chi connectivity index (χ2v) is 9.90. The molecule has 4 rings (SSSR count). The van der Waals surface area contributed by atoms with Gasteiger partial charge in [-0.05, 0) is 62.1 Å². The molecule has 3 aromatic rings. The summed E-state index contributed by atoms with van der Waals surface area (Å²) in [5, 5.41) is 8.87. The van der Waals surface area contributed by atoms with Crippen molar-refractivity contribution in [2.24, 2.45) is 5.92 Å². The molecule has 31 heavy (non-hydrogen) atoms. The fraction of sp³-hybridized carbons (Fsp3) is 0.391. The number of aromatic amines is 1. The van der Waals surface area contributed by atoms with Gasteiger partial charge in [0.2, 0.25) is 10.0 Å². The summed E-state index contributed by atoms with van der Waals surface area (Å²) in [7, 11) is -3.41. The Bertz CT molecular complexity index is 1200. The van der Waals surface area contributed by atoms with Crippen molar-refractivity contribution in [3.8, 4) is 11.8 Å². The molecule has 1 aliphatic carbocycles. The van der Waals surface area contributed by atoms with Gasteiger partial charge in [-0.2, -0.15) is 5.26 Å². The predicted octanol–water partition coefficient (Wildman–Crippen LogP) is 4.64. The molecular weight excluding hydrogens is 412 g/mol. The lowest BCUT2D eigenvalue weighted by molar-refractivity contribution is 0.297. The maximum atomic E-state index is 12.7. The maximum absolute atomic E-state index is 12.7. The minimum Gasteiger partial charge on any atom is -0.486 e. The van der Waals surface area contributed by atoms with E-state index in [1.807, 2.05) is 13.0 Å². The van der Waals surface area contributed by atoms with Crippen molar-refractivity contribution >= 4 is 26.7 Å². The molecule has 0 atom stereocenters. The van der Waals surface area contributed by atoms with Crippen LogP contribution in [0.25, 0.3) is 11.0 Å². The maximum Gasteiger partial charge on any atom is 0.233 e. The normalized spacial score (nSPS) is 15.0. The molecule has 1 saturated carbocycles. The number of benzene rings is 2. The third kappa shape index (κ3) is 5.17. The number of sulfonamides is 1. The summed E-state index contributed by atoms with van der Waals surface area (Å²) in [4.78, 5) is 7.82. The molecule has 1 fully saturated rings. The van der Waals surface area contributed by atoms with Crippen molar-refractivity contribution in [1.29, 1.82) is 5.26 Å². The van der Waals surface area contributed by atoms with Gasteiger partial charge >= 0.3 is 0 Å². The van der Waals surface area contributed by atoms with Crippen LogP contribution in [-0.4, -0.2) is 24.1 Å². The molecule has 162 valence electrons. The number of rotatable bonds is 7. The molecule has 1 aliphatic rings. The molecule has 1 heterocycles. The Balaban J connectivity index is 1.46. The van der Waals surface area contributed by atoms with E-state index in [1.165, 1.54) is 6.42 Å². The van der Waals surface area contributed by atoms with Crippen LogP contribution in [0, 0.1) is 24.2 Å². The molecule has 8 heteroatoms. The molecule has 0 radical (unpaired) electrons. The summed E-state index contributed by atoms with van der Waals surface area (Å²) in [6.07, 6.45) is 5.41. The summed E-state index contributed by atoms with van der Waals surface area (Å²) in [5.41, 5.74) is 3.47. The van der Waals surface area contributed by atoms with E-state index in [1.54, 1.807) is 30.3 Å². The Kier molecular flexibility index (Phi) is 6.14. The fourth-order valence-electron chi connectivity index (χ4n) is 4.09. The zero-order valence-corrected chi connectivity index (χ0v) is 18.3. The second-order valence-electron chi connectivity index (χ2n) is 8.13. The SMILES string of the molecule is Cc1c(NS(=O)(=O)CC2CCCCC2)ccc2[nH]c(COc3ccc(C#N)cc3)nc12. The largest absolute Gasteiger partial charge is 0.486 e. The van der Waals surface area contributed by atoms with Gasteiger partial charge in [-0.25, -0.2) is 13.4 Å². The average Bonchev–Trinajstić information content (AvgIpc) is 3.19. The molecule has 2 aromatic carbocycles. The number of hydrogen-bond donors (Lipinski definition) is 2. The Morgan fingerprint density at radius 3 is 2.61 bits per heavy atom. The molecule has 2 N–H and O–H groups in total. The van der Waals surface area contributed by atoms with Crippen LogP contribution < -0.4 is 9.46 Å². The summed E-state index contributed by atoms with van der Waals surface area (Å²) >= 11 is 0. The van der Waals surface area contributed by atoms with E-state index in [9.17, 15) is 8.42 Å². The Morgan fingerprint density at radius 1 is 1.16 bits per heavy atom. The van der Waals surface area contributed by atoms with Crippen molar-refractivity contribution in [2.45, 2.75) is 45.6 Å². The monoisotopic (exact) mass is 438 g/mol. The third-order valence-electron chi connectivity index (χ3n) is 5.76. The molecule has 0 saturated heterocycles. The van der Waals surface area contributed by atoms with Gasteiger partial charge in [-0.3, -0.25) is 4.72 Å². The molecule has 0 aliphatic heterocycles. The number of fused-ring (bicyclic) bond motifs is 1. The second kappa shape index (κ2) is 8.98. The van der Waals surface area contributed by atoms with E-state index in [0.29, 0.717) is 22.8 Å². The topological polar surface area (TPSA) is 108 Å². The number of aromatic nitrogens is 2. The summed E-state index contributed by atoms with van der Waals surface area (Å²) in [6.45, 7) is 2.11. The van der Waals surface area contributed by atoms with Crippen LogP contribution in [0.5, 0.6) is 5.75 Å². The van der Waals surface area contributed by atoms with Gasteiger partial charge < -0.3 is 9.72 Å². The van der Waals surface area contributed by atoms with Crippen molar-refractivity contribution in [2.75, 3.05) is 10.5 Å². The van der Waals surface area contributed by atoms with Gasteiger partial charge in [-0.15, -0.1) is 0 Å². The standard InChI is InChI=1S/C23H26N4O3S/c1-16-20(27-31(28,29)15-18-5-3-2-4-6-18)11-12-21-23(16)26-22(25-21)14-30-19-9-7-17(13-24)8-10-19/h7-12,18,27H,2-6,14-15H2,1H3,(H,25,26). The van der Waals surface area contributed by atoms with Crippen molar-refractivity contribution < 1.29 is 13.2 Å². The first-order valence-corrected chi connectivity index (χ1v) is 12.2. The van der Waals surface area contributed by atoms with Gasteiger partial charge in [0.15, 0.2) is 0 Å². The highest BCUT2D eigenvalue weighted by molar-refractivity contribution is 7.92. The van der Waals surface area contributed by atoms with E-state index < -0.39 is 10.0 Å². The van der Waals surface area contributed by atoms with Crippen LogP contribution in [-0.2, 0) is 16.6 Å². The minimum atomic E-state index is -3.41. The van der Waals surface area contributed by atoms with Crippen LogP contribution in [0.1, 0.15) is 49.1 Å². The van der Waals surface area contributed by atoms with Crippen LogP contribution in [0.15, 0.2) is 36.4 Å². The lowest BCUT2D eigenvalue weighted by Gasteiger charge is -2.21. The zero-order valence-electron chi connectivity index (χ0n) is 17.5. The number of ether oxygens (including phenoxy) is 1. The van der Waals surface area contributed by atoms with E-state index in [-0.39, 0.29) is 18.3 Å². The first kappa shape index (κ1) is 21.2. The number of nitrogens with one attached hydrogen (secondary N) is 2. The summed E-state index contributed by atoms with van der Waals surface area (Å²) < 4.78 is 33.9. The van der Waals surface area contributed by atoms with E-state index in [2.05, 4.69) is 20.8 Å². The van der Waals surface area contributed by atoms with Gasteiger partial charge in [0.1, 0.15) is 18.2 Å². The fourth-order valence-corrected chi connectivity index (χ4v) is 5.69. The molecule has 1 aromatic heterocycles. The van der Waals surface area contributed by atoms with Crippen LogP contribution in [0.4, 0.5) is 5.69 Å². The predicted molar refractivity (Wildman–Crippen MR) is 120 cm³/mol. The highest BCUT2D eigenvalue weighted by Gasteiger charge is 2.22. The zero-order chi connectivity index (χ0) is 21.8. The highest BCUT2D eigenvalue weighted by Crippen LogP contribution is 2.28. The highest BCUT2D eigenvalue weighted by atomic mass is 32.2. The number of hydrogen-bond acceptors (Lipinski definition) is 5. The van der Waals surface area contributed by atoms with Crippen LogP contribution in [0.2, 0.25) is 0 Å². The van der Waals surface area contributed by atoms with Crippen LogP contribution in [0.3, 0.4) is 0 Å². The Labute approximate surface area is 182 Å². The van der Waals surface area contributed by atoms with Gasteiger partial charge in [-0.1, -0.05) is 19.3 Å². The minimum absolute atomic E-state index is 0.175. The van der Waals surface area contributed by atoms with Crippen molar-refractivity contribution in [3.63, 3.8) is 0 Å². The van der Waals surface area contributed by atoms with Gasteiger partial charge in [0.05, 0.1) is 34.1 Å². The molecule has 0 amide bonds. The number of anilines is 1. The summed E-state index contributed by atoms with van der Waals surface area (Å²) in [5.74, 6) is 1.71. The lowest BCUT2D eigenvalue weighted by Crippen LogP contribution is -2.24. The molecule has 7 nitrogen and oxygen atoms in total. The van der Waals surface area contributed by atoms with E-state index >= 15 is 0 Å². The lowest BCUT2D eigenvalue weighted by atomic mass is 9.91. The Hall–Kier alpha value is -3.05. The average molecular weight is 439 g/mol. The van der Waals surface area contributed by atoms with Crippen LogP contribution >= 0.6 is 0 Å². The quantitative estimate of drug-likeness (QED) is 0.558. The Morgan fingerprint density at radius 2 is 1.90 bits per heavy atom. The van der Waals surface area contributed by atoms with E-state index in [0.717, 1.165) is 42.3 Å². The number of nitriles is 1.